The molecule has 0 unspecified atom stereocenters. The Morgan fingerprint density at radius 3 is 1.64 bits per heavy atom. The SMILES string of the molecule is C/C=C/CBr.C/C=C/C[C@@H]1C(=O)CCC[C@H]1C.CC[C@@H](c1ccccc1)N([C@@H](CC)c1ccccc1)p1oc2ccccc2c2ccccc2o1.O=C1C=CCCC1. The van der Waals surface area contributed by atoms with Crippen molar-refractivity contribution in [3.63, 3.8) is 0 Å². The van der Waals surface area contributed by atoms with E-state index in [0.717, 1.165) is 78.6 Å². The van der Waals surface area contributed by atoms with Crippen LogP contribution in [0.4, 0.5) is 0 Å². The van der Waals surface area contributed by atoms with Crippen molar-refractivity contribution in [1.82, 2.24) is 0 Å². The van der Waals surface area contributed by atoms with Crippen molar-refractivity contribution in [1.29, 1.82) is 0 Å². The topological polar surface area (TPSA) is 63.7 Å². The molecule has 0 bridgehead atoms. The van der Waals surface area contributed by atoms with Crippen LogP contribution in [0.25, 0.3) is 21.9 Å². The van der Waals surface area contributed by atoms with E-state index in [4.69, 9.17) is 8.39 Å². The van der Waals surface area contributed by atoms with Crippen LogP contribution in [0.5, 0.6) is 0 Å². The average molecular weight is 865 g/mol. The normalized spacial score (nSPS) is 17.6. The number of carbonyl (C=O) groups is 2. The van der Waals surface area contributed by atoms with Gasteiger partial charge < -0.3 is 8.39 Å². The number of alkyl halides is 1. The second-order valence-corrected chi connectivity index (χ2v) is 16.6. The first-order valence-corrected chi connectivity index (χ1v) is 23.3. The van der Waals surface area contributed by atoms with Crippen LogP contribution in [-0.2, 0) is 9.59 Å². The molecule has 1 fully saturated rings. The van der Waals surface area contributed by atoms with Gasteiger partial charge in [0.05, 0.1) is 0 Å². The lowest BCUT2D eigenvalue weighted by Crippen LogP contribution is -2.30. The highest BCUT2D eigenvalue weighted by Crippen LogP contribution is 2.48. The molecule has 0 spiro atoms. The highest BCUT2D eigenvalue weighted by molar-refractivity contribution is 9.09. The first kappa shape index (κ1) is 46.5. The Balaban J connectivity index is 0.000000251. The molecular weight excluding hydrogens is 801 g/mol. The standard InChI is InChI=1S/C30H30NO2P.C11H18O.C6H8O.C4H7Br/c1-3-27(23-15-7-5-8-16-23)31(28(4-2)24-17-9-6-10-18-24)34-32-29-21-13-11-19-25(29)26-20-12-14-22-30(26)33-34;1-3-4-7-10-9(2)6-5-8-11(10)12;7-6-4-2-1-3-5-6;1-2-3-4-5/h5-22,27-28H,3-4H2,1-2H3;3-4,9-10H,5-8H2,1-2H3;2,4H,1,3,5H2;2-3H,4H2,1H3/b;4-3+;;3-2+/t27-,28-;9-,10+;;/m01../s1. The monoisotopic (exact) mass is 863 g/mol. The fourth-order valence-corrected chi connectivity index (χ4v) is 9.80. The minimum atomic E-state index is -1.44. The van der Waals surface area contributed by atoms with Crippen molar-refractivity contribution in [3.8, 4) is 0 Å². The number of Topliss-reactive ketones (excluding diaryl/α,β-unsaturated/α-hetero) is 1. The summed E-state index contributed by atoms with van der Waals surface area (Å²) in [5.41, 5.74) is 4.29. The van der Waals surface area contributed by atoms with Crippen LogP contribution in [0.15, 0.2) is 154 Å². The van der Waals surface area contributed by atoms with Crippen LogP contribution in [0.1, 0.15) is 116 Å². The first-order valence-electron chi connectivity index (χ1n) is 21.1. The summed E-state index contributed by atoms with van der Waals surface area (Å²) in [6.45, 7) is 10.7. The Hall–Kier alpha value is -4.22. The number of nitrogens with zero attached hydrogens (tertiary/aromatic N) is 1. The molecule has 2 aliphatic rings. The number of benzene rings is 4. The number of rotatable bonds is 10. The molecule has 2 aliphatic carbocycles. The Labute approximate surface area is 357 Å². The van der Waals surface area contributed by atoms with Gasteiger partial charge in [-0.1, -0.05) is 164 Å². The van der Waals surface area contributed by atoms with Crippen molar-refractivity contribution in [3.05, 3.63) is 157 Å². The minimum absolute atomic E-state index is 0.148. The van der Waals surface area contributed by atoms with Crippen molar-refractivity contribution in [2.45, 2.75) is 104 Å². The van der Waals surface area contributed by atoms with Gasteiger partial charge in [0.2, 0.25) is 0 Å². The molecule has 1 aromatic heterocycles. The van der Waals surface area contributed by atoms with Gasteiger partial charge in [0.15, 0.2) is 5.78 Å². The van der Waals surface area contributed by atoms with Crippen LogP contribution >= 0.6 is 24.1 Å². The van der Waals surface area contributed by atoms with Crippen molar-refractivity contribution in [2.75, 3.05) is 10.0 Å². The molecule has 4 atom stereocenters. The highest BCUT2D eigenvalue weighted by Gasteiger charge is 2.32. The Morgan fingerprint density at radius 1 is 0.724 bits per heavy atom. The summed E-state index contributed by atoms with van der Waals surface area (Å²) in [6, 6.07) is 38.3. The number of hydrogen-bond donors (Lipinski definition) is 0. The van der Waals surface area contributed by atoms with Crippen LogP contribution < -0.4 is 4.67 Å². The zero-order chi connectivity index (χ0) is 41.5. The van der Waals surface area contributed by atoms with Crippen LogP contribution in [0.2, 0.25) is 0 Å². The molecule has 5 nitrogen and oxygen atoms in total. The predicted octanol–water partition coefficient (Wildman–Crippen LogP) is 15.7. The second kappa shape index (κ2) is 26.0. The molecule has 1 saturated carbocycles. The van der Waals surface area contributed by atoms with Gasteiger partial charge >= 0.3 is 8.16 Å². The maximum absolute atomic E-state index is 11.5. The summed E-state index contributed by atoms with van der Waals surface area (Å²) >= 11 is 3.22. The number of hydrogen-bond acceptors (Lipinski definition) is 5. The average Bonchev–Trinajstić information content (AvgIpc) is 3.42. The van der Waals surface area contributed by atoms with E-state index in [1.807, 2.05) is 50.3 Å². The van der Waals surface area contributed by atoms with E-state index >= 15 is 0 Å². The van der Waals surface area contributed by atoms with Gasteiger partial charge in [-0.25, -0.2) is 0 Å². The molecule has 0 N–H and O–H groups in total. The minimum Gasteiger partial charge on any atom is -0.408 e. The molecule has 0 amide bonds. The van der Waals surface area contributed by atoms with E-state index in [1.54, 1.807) is 6.08 Å². The van der Waals surface area contributed by atoms with E-state index in [1.165, 1.54) is 17.5 Å². The van der Waals surface area contributed by atoms with Gasteiger partial charge in [0, 0.05) is 46.9 Å². The number of ketones is 2. The first-order chi connectivity index (χ1) is 28.4. The third kappa shape index (κ3) is 14.0. The molecule has 7 heteroatoms. The Morgan fingerprint density at radius 2 is 1.24 bits per heavy atom. The summed E-state index contributed by atoms with van der Waals surface area (Å²) in [4.78, 5) is 21.9. The summed E-state index contributed by atoms with van der Waals surface area (Å²) < 4.78 is 16.0. The number of carbonyl (C=O) groups excluding carboxylic acids is 2. The quantitative estimate of drug-likeness (QED) is 0.103. The molecule has 7 rings (SSSR count). The molecule has 4 aromatic carbocycles. The second-order valence-electron chi connectivity index (χ2n) is 14.7. The fourth-order valence-electron chi connectivity index (χ4n) is 7.49. The third-order valence-corrected chi connectivity index (χ3v) is 12.6. The van der Waals surface area contributed by atoms with Crippen molar-refractivity contribution in [2.24, 2.45) is 11.8 Å². The van der Waals surface area contributed by atoms with Gasteiger partial charge in [-0.3, -0.25) is 9.59 Å². The molecule has 0 radical (unpaired) electrons. The van der Waals surface area contributed by atoms with E-state index in [9.17, 15) is 9.59 Å². The third-order valence-electron chi connectivity index (χ3n) is 10.6. The van der Waals surface area contributed by atoms with Crippen LogP contribution in [-0.4, -0.2) is 16.9 Å². The number of allylic oxidation sites excluding steroid dienone is 6. The predicted molar refractivity (Wildman–Crippen MR) is 251 cm³/mol. The molecule has 308 valence electrons. The number of halogens is 1. The van der Waals surface area contributed by atoms with Crippen molar-refractivity contribution < 1.29 is 18.0 Å². The summed E-state index contributed by atoms with van der Waals surface area (Å²) in [5, 5.41) is 3.12. The summed E-state index contributed by atoms with van der Waals surface area (Å²) in [7, 11) is -1.44. The number of para-hydroxylation sites is 2. The lowest BCUT2D eigenvalue weighted by atomic mass is 9.78. The van der Waals surface area contributed by atoms with Crippen LogP contribution in [0.3, 0.4) is 0 Å². The van der Waals surface area contributed by atoms with Crippen molar-refractivity contribution >= 4 is 57.6 Å². The van der Waals surface area contributed by atoms with Gasteiger partial charge in [0.1, 0.15) is 16.9 Å². The fraction of sp³-hybridized carbons (Fsp3) is 0.373. The van der Waals surface area contributed by atoms with Gasteiger partial charge in [0.25, 0.3) is 0 Å². The number of fused-ring (bicyclic) bond motifs is 3. The molecule has 0 aliphatic heterocycles. The van der Waals surface area contributed by atoms with Gasteiger partial charge in [-0.15, -0.1) is 0 Å². The van der Waals surface area contributed by atoms with E-state index < -0.39 is 8.16 Å². The lowest BCUT2D eigenvalue weighted by Gasteiger charge is -2.35. The van der Waals surface area contributed by atoms with Gasteiger partial charge in [-0.2, -0.15) is 4.67 Å². The van der Waals surface area contributed by atoms with E-state index in [2.05, 4.69) is 145 Å². The Bertz CT molecular complexity index is 1990. The van der Waals surface area contributed by atoms with Crippen LogP contribution in [0, 0.1) is 11.8 Å². The Kier molecular flexibility index (Phi) is 20.8. The molecule has 58 heavy (non-hydrogen) atoms. The van der Waals surface area contributed by atoms with E-state index in [0.29, 0.717) is 17.6 Å². The molecular formula is C51H63BrNO4P. The molecule has 0 saturated heterocycles. The molecule has 5 aromatic rings. The summed E-state index contributed by atoms with van der Waals surface area (Å²) in [5.74, 6) is 1.68. The lowest BCUT2D eigenvalue weighted by molar-refractivity contribution is -0.126. The van der Waals surface area contributed by atoms with E-state index in [-0.39, 0.29) is 17.9 Å². The maximum Gasteiger partial charge on any atom is 0.310 e. The zero-order valence-corrected chi connectivity index (χ0v) is 37.6. The highest BCUT2D eigenvalue weighted by atomic mass is 79.9. The zero-order valence-electron chi connectivity index (χ0n) is 35.1. The van der Waals surface area contributed by atoms with Gasteiger partial charge in [-0.05, 0) is 94.0 Å². The summed E-state index contributed by atoms with van der Waals surface area (Å²) in [6.07, 6.45) is 20.7. The maximum atomic E-state index is 11.5. The largest absolute Gasteiger partial charge is 0.408 e. The molecule has 1 heterocycles. The smallest absolute Gasteiger partial charge is 0.310 e.